The van der Waals surface area contributed by atoms with Gasteiger partial charge in [0, 0.05) is 25.2 Å². The summed E-state index contributed by atoms with van der Waals surface area (Å²) in [6, 6.07) is 2.84. The van der Waals surface area contributed by atoms with Crippen molar-refractivity contribution in [3.8, 4) is 0 Å². The third kappa shape index (κ3) is 3.27. The van der Waals surface area contributed by atoms with Crippen molar-refractivity contribution in [2.75, 3.05) is 13.1 Å². The predicted octanol–water partition coefficient (Wildman–Crippen LogP) is 4.29. The Labute approximate surface area is 167 Å². The van der Waals surface area contributed by atoms with Crippen molar-refractivity contribution in [3.63, 3.8) is 0 Å². The predicted molar refractivity (Wildman–Crippen MR) is 103 cm³/mol. The highest BCUT2D eigenvalue weighted by atomic mass is 35.5. The maximum atomic E-state index is 12.8. The van der Waals surface area contributed by atoms with Gasteiger partial charge in [-0.15, -0.1) is 0 Å². The Kier molecular flexibility index (Phi) is 4.99. The summed E-state index contributed by atoms with van der Waals surface area (Å²) in [5.74, 6) is -0.398. The average Bonchev–Trinajstić information content (AvgIpc) is 2.90. The van der Waals surface area contributed by atoms with E-state index in [1.807, 2.05) is 4.90 Å². The number of rotatable bonds is 3. The van der Waals surface area contributed by atoms with E-state index in [2.05, 4.69) is 6.08 Å². The lowest BCUT2D eigenvalue weighted by Gasteiger charge is -2.38. The van der Waals surface area contributed by atoms with Crippen LogP contribution in [0.15, 0.2) is 23.9 Å². The number of imide groups is 1. The number of nitrogens with zero attached hydrogens (tertiary/aromatic N) is 2. The van der Waals surface area contributed by atoms with Gasteiger partial charge in [0.1, 0.15) is 0 Å². The van der Waals surface area contributed by atoms with Gasteiger partial charge in [-0.25, -0.2) is 0 Å². The summed E-state index contributed by atoms with van der Waals surface area (Å²) in [5.41, 5.74) is 1.63. The number of amides is 3. The maximum absolute atomic E-state index is 12.8. The number of hydrogen-bond acceptors (Lipinski definition) is 3. The molecule has 3 amide bonds. The van der Waals surface area contributed by atoms with Gasteiger partial charge < -0.3 is 4.90 Å². The van der Waals surface area contributed by atoms with Crippen molar-refractivity contribution in [2.45, 2.75) is 38.5 Å². The third-order valence-electron chi connectivity index (χ3n) is 5.64. The van der Waals surface area contributed by atoms with Gasteiger partial charge in [0.2, 0.25) is 5.91 Å². The molecule has 1 saturated heterocycles. The van der Waals surface area contributed by atoms with Gasteiger partial charge in [0.15, 0.2) is 0 Å². The lowest BCUT2D eigenvalue weighted by Crippen LogP contribution is -2.41. The standard InChI is InChI=1S/C20H20Cl2N2O3/c21-15-10-13-14(11-16(15)22)20(27)24(19(13)26)9-7-18(25)23-8-3-5-12-4-1-2-6-17(12)23/h6,10-12H,1-5,7-9H2. The minimum Gasteiger partial charge on any atom is -0.316 e. The molecule has 1 unspecified atom stereocenters. The molecule has 0 saturated carbocycles. The minimum atomic E-state index is -0.422. The number of fused-ring (bicyclic) bond motifs is 2. The largest absolute Gasteiger partial charge is 0.316 e. The number of hydrogen-bond donors (Lipinski definition) is 0. The molecule has 1 aromatic carbocycles. The molecule has 4 rings (SSSR count). The van der Waals surface area contributed by atoms with E-state index in [1.54, 1.807) is 0 Å². The fourth-order valence-electron chi connectivity index (χ4n) is 4.27. The van der Waals surface area contributed by atoms with Gasteiger partial charge in [0.05, 0.1) is 21.2 Å². The van der Waals surface area contributed by atoms with Crippen molar-refractivity contribution < 1.29 is 14.4 Å². The quantitative estimate of drug-likeness (QED) is 0.703. The van der Waals surface area contributed by atoms with Crippen LogP contribution in [0, 0.1) is 5.92 Å². The van der Waals surface area contributed by atoms with Crippen LogP contribution in [0.3, 0.4) is 0 Å². The minimum absolute atomic E-state index is 0.0273. The molecule has 0 aromatic heterocycles. The van der Waals surface area contributed by atoms with Gasteiger partial charge in [-0.3, -0.25) is 19.3 Å². The molecule has 1 aromatic rings. The van der Waals surface area contributed by atoms with Crippen LogP contribution >= 0.6 is 23.2 Å². The Balaban J connectivity index is 1.46. The number of benzene rings is 1. The van der Waals surface area contributed by atoms with E-state index in [1.165, 1.54) is 18.6 Å². The number of carbonyl (C=O) groups is 3. The topological polar surface area (TPSA) is 57.7 Å². The third-order valence-corrected chi connectivity index (χ3v) is 6.36. The van der Waals surface area contributed by atoms with Crippen LogP contribution in [0.25, 0.3) is 0 Å². The second-order valence-corrected chi connectivity index (χ2v) is 8.08. The first-order chi connectivity index (χ1) is 13.0. The Morgan fingerprint density at radius 3 is 2.33 bits per heavy atom. The van der Waals surface area contributed by atoms with Crippen LogP contribution in [0.2, 0.25) is 10.0 Å². The van der Waals surface area contributed by atoms with Crippen molar-refractivity contribution in [1.29, 1.82) is 0 Å². The van der Waals surface area contributed by atoms with E-state index in [0.717, 1.165) is 36.3 Å². The highest BCUT2D eigenvalue weighted by Crippen LogP contribution is 2.35. The SMILES string of the molecule is O=C(CCN1C(=O)c2cc(Cl)c(Cl)cc2C1=O)N1CCCC2CCCC=C21. The Hall–Kier alpha value is -1.85. The molecule has 2 heterocycles. The molecule has 0 N–H and O–H groups in total. The monoisotopic (exact) mass is 406 g/mol. The number of halogens is 2. The second kappa shape index (κ2) is 7.28. The molecule has 1 fully saturated rings. The first-order valence-electron chi connectivity index (χ1n) is 9.33. The summed E-state index contributed by atoms with van der Waals surface area (Å²) in [6.07, 6.45) is 7.75. The van der Waals surface area contributed by atoms with E-state index < -0.39 is 11.8 Å². The van der Waals surface area contributed by atoms with E-state index in [9.17, 15) is 14.4 Å². The summed E-state index contributed by atoms with van der Waals surface area (Å²) in [6.45, 7) is 0.781. The van der Waals surface area contributed by atoms with Crippen molar-refractivity contribution in [3.05, 3.63) is 45.1 Å². The molecule has 142 valence electrons. The molecular weight excluding hydrogens is 387 g/mol. The van der Waals surface area contributed by atoms with Gasteiger partial charge in [0.25, 0.3) is 11.8 Å². The van der Waals surface area contributed by atoms with Crippen LogP contribution in [-0.4, -0.2) is 40.6 Å². The molecule has 3 aliphatic rings. The van der Waals surface area contributed by atoms with E-state index in [0.29, 0.717) is 12.5 Å². The van der Waals surface area contributed by atoms with Crippen molar-refractivity contribution >= 4 is 40.9 Å². The van der Waals surface area contributed by atoms with Crippen LogP contribution in [0.1, 0.15) is 59.2 Å². The summed E-state index contributed by atoms with van der Waals surface area (Å²) < 4.78 is 0. The number of likely N-dealkylation sites (tertiary alicyclic amines) is 1. The number of allylic oxidation sites excluding steroid dienone is 2. The molecule has 1 atom stereocenters. The Morgan fingerprint density at radius 1 is 1.04 bits per heavy atom. The molecule has 27 heavy (non-hydrogen) atoms. The molecule has 5 nitrogen and oxygen atoms in total. The smallest absolute Gasteiger partial charge is 0.261 e. The Bertz CT molecular complexity index is 824. The highest BCUT2D eigenvalue weighted by molar-refractivity contribution is 6.43. The molecule has 0 radical (unpaired) electrons. The molecule has 0 bridgehead atoms. The summed E-state index contributed by atoms with van der Waals surface area (Å²) >= 11 is 11.9. The summed E-state index contributed by atoms with van der Waals surface area (Å²) in [5, 5.41) is 0.469. The van der Waals surface area contributed by atoms with Crippen molar-refractivity contribution in [1.82, 2.24) is 9.80 Å². The van der Waals surface area contributed by atoms with E-state index >= 15 is 0 Å². The van der Waals surface area contributed by atoms with E-state index in [-0.39, 0.29) is 40.0 Å². The van der Waals surface area contributed by atoms with E-state index in [4.69, 9.17) is 23.2 Å². The maximum Gasteiger partial charge on any atom is 0.261 e. The fraction of sp³-hybridized carbons (Fsp3) is 0.450. The van der Waals surface area contributed by atoms with Crippen molar-refractivity contribution in [2.24, 2.45) is 5.92 Å². The lowest BCUT2D eigenvalue weighted by molar-refractivity contribution is -0.130. The molecule has 7 heteroatoms. The average molecular weight is 407 g/mol. The second-order valence-electron chi connectivity index (χ2n) is 7.27. The zero-order chi connectivity index (χ0) is 19.1. The number of piperidine rings is 1. The Morgan fingerprint density at radius 2 is 1.67 bits per heavy atom. The molecule has 2 aliphatic heterocycles. The van der Waals surface area contributed by atoms with Crippen LogP contribution < -0.4 is 0 Å². The number of carbonyl (C=O) groups excluding carboxylic acids is 3. The lowest BCUT2D eigenvalue weighted by atomic mass is 9.85. The van der Waals surface area contributed by atoms with Gasteiger partial charge in [-0.05, 0) is 50.2 Å². The van der Waals surface area contributed by atoms with Gasteiger partial charge in [-0.2, -0.15) is 0 Å². The first kappa shape index (κ1) is 18.5. The normalized spacial score (nSPS) is 21.9. The van der Waals surface area contributed by atoms with Crippen LogP contribution in [0.5, 0.6) is 0 Å². The zero-order valence-electron chi connectivity index (χ0n) is 14.8. The first-order valence-corrected chi connectivity index (χ1v) is 10.1. The van der Waals surface area contributed by atoms with Gasteiger partial charge >= 0.3 is 0 Å². The van der Waals surface area contributed by atoms with Crippen LogP contribution in [0.4, 0.5) is 0 Å². The highest BCUT2D eigenvalue weighted by Gasteiger charge is 2.37. The fourth-order valence-corrected chi connectivity index (χ4v) is 4.60. The summed E-state index contributed by atoms with van der Waals surface area (Å²) in [7, 11) is 0. The summed E-state index contributed by atoms with van der Waals surface area (Å²) in [4.78, 5) is 40.9. The molecule has 1 aliphatic carbocycles. The molecule has 0 spiro atoms. The zero-order valence-corrected chi connectivity index (χ0v) is 16.4. The van der Waals surface area contributed by atoms with Gasteiger partial charge in [-0.1, -0.05) is 29.3 Å². The van der Waals surface area contributed by atoms with Crippen LogP contribution in [-0.2, 0) is 4.79 Å². The molecular formula is C20H20Cl2N2O3.